The number of hydrogen-bond donors (Lipinski definition) is 2. The molecule has 0 saturated heterocycles. The molecular formula is C12H18F2N2O3S. The maximum Gasteiger partial charge on any atom is 0.279 e. The first-order chi connectivity index (χ1) is 9.10. The lowest BCUT2D eigenvalue weighted by Crippen LogP contribution is -2.44. The summed E-state index contributed by atoms with van der Waals surface area (Å²) in [5.74, 6) is -1.70. The maximum atomic E-state index is 13.6. The largest absolute Gasteiger partial charge is 0.384 e. The molecule has 0 fully saturated rings. The Hall–Kier alpha value is -1.09. The van der Waals surface area contributed by atoms with Crippen LogP contribution in [-0.4, -0.2) is 38.0 Å². The second-order valence-corrected chi connectivity index (χ2v) is 6.50. The van der Waals surface area contributed by atoms with E-state index < -0.39 is 34.0 Å². The fourth-order valence-corrected chi connectivity index (χ4v) is 2.56. The first-order valence-electron chi connectivity index (χ1n) is 5.99. The van der Waals surface area contributed by atoms with Crippen molar-refractivity contribution in [3.63, 3.8) is 0 Å². The third-order valence-corrected chi connectivity index (χ3v) is 4.55. The summed E-state index contributed by atoms with van der Waals surface area (Å²) in [6, 6.07) is 2.72. The molecule has 1 aromatic rings. The lowest BCUT2D eigenvalue weighted by atomic mass is 9.96. The van der Waals surface area contributed by atoms with Crippen LogP contribution in [0.5, 0.6) is 0 Å². The summed E-state index contributed by atoms with van der Waals surface area (Å²) in [4.78, 5) is 0. The van der Waals surface area contributed by atoms with Gasteiger partial charge < -0.3 is 5.11 Å². The van der Waals surface area contributed by atoms with Crippen LogP contribution in [-0.2, 0) is 15.8 Å². The Bertz CT molecular complexity index is 576. The van der Waals surface area contributed by atoms with Gasteiger partial charge >= 0.3 is 0 Å². The van der Waals surface area contributed by atoms with Crippen LogP contribution in [0.3, 0.4) is 0 Å². The van der Waals surface area contributed by atoms with Crippen LogP contribution in [0.4, 0.5) is 8.78 Å². The van der Waals surface area contributed by atoms with Crippen LogP contribution in [0.1, 0.15) is 19.4 Å². The van der Waals surface area contributed by atoms with Gasteiger partial charge in [-0.25, -0.2) is 8.78 Å². The highest BCUT2D eigenvalue weighted by molar-refractivity contribution is 7.87. The fraction of sp³-hybridized carbons (Fsp3) is 0.500. The lowest BCUT2D eigenvalue weighted by molar-refractivity contribution is 0.0584. The molecular weight excluding hydrogens is 290 g/mol. The van der Waals surface area contributed by atoms with Crippen LogP contribution in [0, 0.1) is 11.6 Å². The van der Waals surface area contributed by atoms with E-state index in [2.05, 4.69) is 4.72 Å². The van der Waals surface area contributed by atoms with Crippen LogP contribution in [0.25, 0.3) is 0 Å². The van der Waals surface area contributed by atoms with Gasteiger partial charge in [-0.05, 0) is 13.0 Å². The number of hydrogen-bond acceptors (Lipinski definition) is 3. The molecule has 0 aliphatic carbocycles. The quantitative estimate of drug-likeness (QED) is 0.822. The number of nitrogens with zero attached hydrogens (tertiary/aromatic N) is 1. The Morgan fingerprint density at radius 2 is 2.00 bits per heavy atom. The van der Waals surface area contributed by atoms with Crippen molar-refractivity contribution < 1.29 is 22.3 Å². The van der Waals surface area contributed by atoms with Crippen molar-refractivity contribution in [2.75, 3.05) is 20.1 Å². The van der Waals surface area contributed by atoms with E-state index in [4.69, 9.17) is 0 Å². The topological polar surface area (TPSA) is 69.6 Å². The fourth-order valence-electron chi connectivity index (χ4n) is 1.53. The van der Waals surface area contributed by atoms with Gasteiger partial charge in [-0.2, -0.15) is 17.4 Å². The zero-order chi connectivity index (χ0) is 15.6. The Morgan fingerprint density at radius 3 is 2.50 bits per heavy atom. The Morgan fingerprint density at radius 1 is 1.40 bits per heavy atom. The van der Waals surface area contributed by atoms with Gasteiger partial charge in [0.05, 0.1) is 0 Å². The second-order valence-electron chi connectivity index (χ2n) is 4.64. The van der Waals surface area contributed by atoms with E-state index >= 15 is 0 Å². The number of nitrogens with one attached hydrogen (secondary N) is 1. The van der Waals surface area contributed by atoms with E-state index in [1.54, 1.807) is 6.92 Å². The molecule has 5 nitrogen and oxygen atoms in total. The van der Waals surface area contributed by atoms with E-state index in [9.17, 15) is 22.3 Å². The van der Waals surface area contributed by atoms with Gasteiger partial charge in [0.2, 0.25) is 0 Å². The highest BCUT2D eigenvalue weighted by atomic mass is 32.2. The third-order valence-electron chi connectivity index (χ3n) is 2.97. The molecule has 0 bridgehead atoms. The molecule has 0 aromatic heterocycles. The molecule has 0 saturated carbocycles. The maximum absolute atomic E-state index is 13.6. The van der Waals surface area contributed by atoms with Crippen molar-refractivity contribution in [3.8, 4) is 0 Å². The van der Waals surface area contributed by atoms with Gasteiger partial charge in [-0.1, -0.05) is 13.0 Å². The molecule has 114 valence electrons. The standard InChI is InChI=1S/C12H18F2N2O3S/c1-4-16(3)20(18,19)15-8-12(2,17)10-6-5-9(13)7-11(10)14/h5-7,15,17H,4,8H2,1-3H3. The van der Waals surface area contributed by atoms with Crippen molar-refractivity contribution in [3.05, 3.63) is 35.4 Å². The van der Waals surface area contributed by atoms with Gasteiger partial charge in [-0.3, -0.25) is 0 Å². The van der Waals surface area contributed by atoms with E-state index in [0.717, 1.165) is 16.4 Å². The molecule has 0 aliphatic rings. The minimum atomic E-state index is -3.75. The average molecular weight is 308 g/mol. The van der Waals surface area contributed by atoms with Crippen LogP contribution < -0.4 is 4.72 Å². The first kappa shape index (κ1) is 17.0. The molecule has 1 atom stereocenters. The minimum Gasteiger partial charge on any atom is -0.384 e. The summed E-state index contributed by atoms with van der Waals surface area (Å²) in [6.45, 7) is 2.72. The molecule has 0 heterocycles. The highest BCUT2D eigenvalue weighted by Gasteiger charge is 2.29. The van der Waals surface area contributed by atoms with Crippen LogP contribution >= 0.6 is 0 Å². The Labute approximate surface area is 117 Å². The van der Waals surface area contributed by atoms with Gasteiger partial charge in [0.15, 0.2) is 0 Å². The molecule has 0 amide bonds. The van der Waals surface area contributed by atoms with Gasteiger partial charge in [0, 0.05) is 31.8 Å². The molecule has 1 unspecified atom stereocenters. The summed E-state index contributed by atoms with van der Waals surface area (Å²) in [5, 5.41) is 10.2. The first-order valence-corrected chi connectivity index (χ1v) is 7.43. The molecule has 1 aromatic carbocycles. The molecule has 20 heavy (non-hydrogen) atoms. The predicted molar refractivity (Wildman–Crippen MR) is 71.2 cm³/mol. The monoisotopic (exact) mass is 308 g/mol. The van der Waals surface area contributed by atoms with Gasteiger partial charge in [0.25, 0.3) is 10.2 Å². The second kappa shape index (κ2) is 6.13. The number of benzene rings is 1. The zero-order valence-electron chi connectivity index (χ0n) is 11.5. The molecule has 8 heteroatoms. The normalized spacial score (nSPS) is 15.3. The smallest absolute Gasteiger partial charge is 0.279 e. The zero-order valence-corrected chi connectivity index (χ0v) is 12.3. The summed E-state index contributed by atoms with van der Waals surface area (Å²) >= 11 is 0. The van der Waals surface area contributed by atoms with E-state index in [-0.39, 0.29) is 12.1 Å². The average Bonchev–Trinajstić information content (AvgIpc) is 2.35. The molecule has 2 N–H and O–H groups in total. The van der Waals surface area contributed by atoms with Gasteiger partial charge in [0.1, 0.15) is 17.2 Å². The van der Waals surface area contributed by atoms with E-state index in [1.807, 2.05) is 0 Å². The van der Waals surface area contributed by atoms with Crippen molar-refractivity contribution in [1.29, 1.82) is 0 Å². The highest BCUT2D eigenvalue weighted by Crippen LogP contribution is 2.23. The van der Waals surface area contributed by atoms with E-state index in [1.165, 1.54) is 14.0 Å². The SMILES string of the molecule is CCN(C)S(=O)(=O)NCC(C)(O)c1ccc(F)cc1F. The van der Waals surface area contributed by atoms with Crippen molar-refractivity contribution in [2.24, 2.45) is 0 Å². The van der Waals surface area contributed by atoms with Crippen molar-refractivity contribution in [1.82, 2.24) is 9.03 Å². The summed E-state index contributed by atoms with van der Waals surface area (Å²) < 4.78 is 53.1. The number of rotatable bonds is 6. The molecule has 0 aliphatic heterocycles. The molecule has 0 spiro atoms. The van der Waals surface area contributed by atoms with Crippen LogP contribution in [0.15, 0.2) is 18.2 Å². The van der Waals surface area contributed by atoms with Gasteiger partial charge in [-0.15, -0.1) is 0 Å². The van der Waals surface area contributed by atoms with Crippen LogP contribution in [0.2, 0.25) is 0 Å². The molecule has 0 radical (unpaired) electrons. The number of aliphatic hydroxyl groups is 1. The third kappa shape index (κ3) is 3.95. The van der Waals surface area contributed by atoms with Crippen molar-refractivity contribution in [2.45, 2.75) is 19.4 Å². The summed E-state index contributed by atoms with van der Waals surface area (Å²) in [6.07, 6.45) is 0. The Kier molecular flexibility index (Phi) is 5.20. The predicted octanol–water partition coefficient (Wildman–Crippen LogP) is 0.958. The van der Waals surface area contributed by atoms with E-state index in [0.29, 0.717) is 6.07 Å². The minimum absolute atomic E-state index is 0.180. The van der Waals surface area contributed by atoms with Crippen molar-refractivity contribution >= 4 is 10.2 Å². The summed E-state index contributed by atoms with van der Waals surface area (Å²) in [5.41, 5.74) is -1.97. The summed E-state index contributed by atoms with van der Waals surface area (Å²) in [7, 11) is -2.38. The Balaban J connectivity index is 2.90. The lowest BCUT2D eigenvalue weighted by Gasteiger charge is -2.26. The number of halogens is 2. The molecule has 1 rings (SSSR count).